The second-order valence-corrected chi connectivity index (χ2v) is 5.43. The van der Waals surface area contributed by atoms with Gasteiger partial charge in [0.25, 0.3) is 5.69 Å². The average Bonchev–Trinajstić information content (AvgIpc) is 2.55. The van der Waals surface area contributed by atoms with Crippen LogP contribution in [0.4, 0.5) is 10.1 Å². The van der Waals surface area contributed by atoms with E-state index in [9.17, 15) is 19.3 Å². The van der Waals surface area contributed by atoms with Gasteiger partial charge < -0.3 is 9.47 Å². The molecule has 124 valence electrons. The molecule has 0 bridgehead atoms. The number of methoxy groups -OCH3 is 1. The van der Waals surface area contributed by atoms with Gasteiger partial charge in [-0.05, 0) is 30.3 Å². The fraction of sp³-hybridized carbons (Fsp3) is 0.0625. The highest BCUT2D eigenvalue weighted by Gasteiger charge is 2.14. The average molecular weight is 396 g/mol. The van der Waals surface area contributed by atoms with Crippen LogP contribution < -0.4 is 9.47 Å². The quantitative estimate of drug-likeness (QED) is 0.250. The first-order valence-corrected chi connectivity index (χ1v) is 7.37. The van der Waals surface area contributed by atoms with Crippen LogP contribution in [0.5, 0.6) is 11.5 Å². The van der Waals surface area contributed by atoms with Crippen molar-refractivity contribution in [1.29, 1.82) is 0 Å². The normalized spacial score (nSPS) is 10.6. The largest absolute Gasteiger partial charge is 0.493 e. The number of esters is 1. The van der Waals surface area contributed by atoms with Gasteiger partial charge in [0, 0.05) is 22.2 Å². The lowest BCUT2D eigenvalue weighted by atomic mass is 10.2. The summed E-state index contributed by atoms with van der Waals surface area (Å²) in [4.78, 5) is 22.0. The molecule has 0 aliphatic heterocycles. The van der Waals surface area contributed by atoms with Gasteiger partial charge in [-0.1, -0.05) is 15.9 Å². The standard InChI is InChI=1S/C16H11BrFNO5/c1-23-14-6-4-12(19(21)22)9-15(14)24-16(20)7-2-10-8-11(17)3-5-13(10)18/h2-9H,1H3/b7-2+. The highest BCUT2D eigenvalue weighted by molar-refractivity contribution is 9.10. The lowest BCUT2D eigenvalue weighted by Crippen LogP contribution is -2.05. The monoisotopic (exact) mass is 395 g/mol. The van der Waals surface area contributed by atoms with Crippen molar-refractivity contribution < 1.29 is 23.6 Å². The fourth-order valence-corrected chi connectivity index (χ4v) is 2.18. The van der Waals surface area contributed by atoms with Gasteiger partial charge in [0.05, 0.1) is 18.1 Å². The molecule has 2 aromatic carbocycles. The summed E-state index contributed by atoms with van der Waals surface area (Å²) in [6, 6.07) is 7.89. The van der Waals surface area contributed by atoms with Gasteiger partial charge in [0.2, 0.25) is 0 Å². The molecule has 2 rings (SSSR count). The number of benzene rings is 2. The Morgan fingerprint density at radius 3 is 2.67 bits per heavy atom. The first-order chi connectivity index (χ1) is 11.4. The molecule has 0 atom stereocenters. The van der Waals surface area contributed by atoms with Gasteiger partial charge in [-0.3, -0.25) is 10.1 Å². The van der Waals surface area contributed by atoms with Crippen molar-refractivity contribution in [2.45, 2.75) is 0 Å². The zero-order chi connectivity index (χ0) is 17.7. The van der Waals surface area contributed by atoms with E-state index in [0.717, 1.165) is 12.1 Å². The predicted molar refractivity (Wildman–Crippen MR) is 88.4 cm³/mol. The van der Waals surface area contributed by atoms with E-state index in [1.807, 2.05) is 0 Å². The van der Waals surface area contributed by atoms with Crippen molar-refractivity contribution in [3.8, 4) is 11.5 Å². The maximum atomic E-state index is 13.6. The Bertz CT molecular complexity index is 822. The van der Waals surface area contributed by atoms with Crippen LogP contribution in [-0.2, 0) is 4.79 Å². The number of non-ortho nitro benzene ring substituents is 1. The molecular weight excluding hydrogens is 385 g/mol. The summed E-state index contributed by atoms with van der Waals surface area (Å²) in [6.07, 6.45) is 2.26. The summed E-state index contributed by atoms with van der Waals surface area (Å²) in [5, 5.41) is 10.8. The number of ether oxygens (including phenoxy) is 2. The molecule has 2 aromatic rings. The third-order valence-electron chi connectivity index (χ3n) is 2.93. The summed E-state index contributed by atoms with van der Waals surface area (Å²) in [5.74, 6) is -1.27. The van der Waals surface area contributed by atoms with E-state index in [2.05, 4.69) is 15.9 Å². The van der Waals surface area contributed by atoms with E-state index < -0.39 is 16.7 Å². The minimum atomic E-state index is -0.826. The van der Waals surface area contributed by atoms with Crippen LogP contribution in [0.1, 0.15) is 5.56 Å². The van der Waals surface area contributed by atoms with Gasteiger partial charge in [-0.15, -0.1) is 0 Å². The van der Waals surface area contributed by atoms with Crippen molar-refractivity contribution in [2.75, 3.05) is 7.11 Å². The van der Waals surface area contributed by atoms with Crippen molar-refractivity contribution in [3.05, 3.63) is 68.4 Å². The number of rotatable bonds is 5. The number of halogens is 2. The molecule has 0 saturated heterocycles. The SMILES string of the molecule is COc1ccc([N+](=O)[O-])cc1OC(=O)/C=C/c1cc(Br)ccc1F. The van der Waals surface area contributed by atoms with E-state index in [4.69, 9.17) is 9.47 Å². The number of nitro benzene ring substituents is 1. The molecule has 0 aliphatic carbocycles. The van der Waals surface area contributed by atoms with Gasteiger partial charge in [0.1, 0.15) is 5.82 Å². The number of carbonyl (C=O) groups excluding carboxylic acids is 1. The molecule has 0 radical (unpaired) electrons. The third-order valence-corrected chi connectivity index (χ3v) is 3.42. The third kappa shape index (κ3) is 4.39. The Balaban J connectivity index is 2.20. The number of hydrogen-bond acceptors (Lipinski definition) is 5. The molecule has 0 saturated carbocycles. The Kier molecular flexibility index (Phi) is 5.64. The topological polar surface area (TPSA) is 78.7 Å². The van der Waals surface area contributed by atoms with Crippen LogP contribution in [0.2, 0.25) is 0 Å². The van der Waals surface area contributed by atoms with Crippen molar-refractivity contribution in [3.63, 3.8) is 0 Å². The maximum absolute atomic E-state index is 13.6. The van der Waals surface area contributed by atoms with Crippen LogP contribution in [0, 0.1) is 15.9 Å². The number of carbonyl (C=O) groups is 1. The van der Waals surface area contributed by atoms with E-state index in [1.54, 1.807) is 0 Å². The molecular formula is C16H11BrFNO5. The zero-order valence-electron chi connectivity index (χ0n) is 12.4. The highest BCUT2D eigenvalue weighted by atomic mass is 79.9. The summed E-state index contributed by atoms with van der Waals surface area (Å²) in [6.45, 7) is 0. The Morgan fingerprint density at radius 2 is 2.00 bits per heavy atom. The van der Waals surface area contributed by atoms with E-state index in [0.29, 0.717) is 4.47 Å². The van der Waals surface area contributed by atoms with Crippen molar-refractivity contribution in [2.24, 2.45) is 0 Å². The maximum Gasteiger partial charge on any atom is 0.336 e. The zero-order valence-corrected chi connectivity index (χ0v) is 13.9. The summed E-state index contributed by atoms with van der Waals surface area (Å²) in [5.41, 5.74) is -0.0621. The van der Waals surface area contributed by atoms with E-state index in [-0.39, 0.29) is 22.7 Å². The van der Waals surface area contributed by atoms with E-state index in [1.165, 1.54) is 43.5 Å². The summed E-state index contributed by atoms with van der Waals surface area (Å²) in [7, 11) is 1.34. The Hall–Kier alpha value is -2.74. The van der Waals surface area contributed by atoms with E-state index >= 15 is 0 Å². The molecule has 0 spiro atoms. The smallest absolute Gasteiger partial charge is 0.336 e. The highest BCUT2D eigenvalue weighted by Crippen LogP contribution is 2.31. The minimum absolute atomic E-state index is 0.101. The lowest BCUT2D eigenvalue weighted by Gasteiger charge is -2.07. The summed E-state index contributed by atoms with van der Waals surface area (Å²) >= 11 is 3.20. The molecule has 0 aromatic heterocycles. The number of hydrogen-bond donors (Lipinski definition) is 0. The van der Waals surface area contributed by atoms with Crippen LogP contribution in [0.15, 0.2) is 46.9 Å². The van der Waals surface area contributed by atoms with Crippen LogP contribution in [0.3, 0.4) is 0 Å². The first-order valence-electron chi connectivity index (χ1n) is 6.58. The van der Waals surface area contributed by atoms with Gasteiger partial charge in [-0.25, -0.2) is 9.18 Å². The lowest BCUT2D eigenvalue weighted by molar-refractivity contribution is -0.384. The van der Waals surface area contributed by atoms with Crippen molar-refractivity contribution in [1.82, 2.24) is 0 Å². The predicted octanol–water partition coefficient (Wildman–Crippen LogP) is 4.12. The molecule has 8 heteroatoms. The molecule has 0 aliphatic rings. The molecule has 0 fully saturated rings. The summed E-state index contributed by atoms with van der Waals surface area (Å²) < 4.78 is 24.3. The van der Waals surface area contributed by atoms with Crippen LogP contribution in [-0.4, -0.2) is 18.0 Å². The Morgan fingerprint density at radius 1 is 1.25 bits per heavy atom. The van der Waals surface area contributed by atoms with Crippen LogP contribution in [0.25, 0.3) is 6.08 Å². The number of nitrogens with zero attached hydrogens (tertiary/aromatic N) is 1. The molecule has 0 amide bonds. The minimum Gasteiger partial charge on any atom is -0.493 e. The second kappa shape index (κ2) is 7.69. The van der Waals surface area contributed by atoms with Gasteiger partial charge in [0.15, 0.2) is 11.5 Å². The fourth-order valence-electron chi connectivity index (χ4n) is 1.80. The Labute approximate surface area is 144 Å². The second-order valence-electron chi connectivity index (χ2n) is 4.51. The number of nitro groups is 1. The molecule has 24 heavy (non-hydrogen) atoms. The molecule has 0 heterocycles. The van der Waals surface area contributed by atoms with Gasteiger partial charge >= 0.3 is 5.97 Å². The van der Waals surface area contributed by atoms with Crippen molar-refractivity contribution >= 4 is 33.7 Å². The first kappa shape index (κ1) is 17.6. The van der Waals surface area contributed by atoms with Gasteiger partial charge in [-0.2, -0.15) is 0 Å². The molecule has 0 unspecified atom stereocenters. The van der Waals surface area contributed by atoms with Crippen LogP contribution >= 0.6 is 15.9 Å². The molecule has 6 nitrogen and oxygen atoms in total. The molecule has 0 N–H and O–H groups in total.